The molecule has 0 saturated carbocycles. The summed E-state index contributed by atoms with van der Waals surface area (Å²) in [6.45, 7) is 4.79. The van der Waals surface area contributed by atoms with Crippen molar-refractivity contribution in [1.82, 2.24) is 0 Å². The molecule has 0 amide bonds. The summed E-state index contributed by atoms with van der Waals surface area (Å²) in [6, 6.07) is 12.3. The van der Waals surface area contributed by atoms with Gasteiger partial charge in [-0.15, -0.1) is 0 Å². The van der Waals surface area contributed by atoms with Gasteiger partial charge in [-0.25, -0.2) is 0 Å². The Morgan fingerprint density at radius 3 is 2.29 bits per heavy atom. The number of hydrogen-bond acceptors (Lipinski definition) is 4. The third kappa shape index (κ3) is 4.98. The molecule has 0 aromatic heterocycles. The summed E-state index contributed by atoms with van der Waals surface area (Å²) in [4.78, 5) is 0. The minimum Gasteiger partial charge on any atom is -0.494 e. The van der Waals surface area contributed by atoms with Gasteiger partial charge in [0, 0.05) is 12.7 Å². The Morgan fingerprint density at radius 1 is 0.958 bits per heavy atom. The zero-order valence-corrected chi connectivity index (χ0v) is 14.7. The van der Waals surface area contributed by atoms with Crippen molar-refractivity contribution in [1.29, 1.82) is 0 Å². The number of benzene rings is 2. The predicted octanol–water partition coefficient (Wildman–Crippen LogP) is 3.65. The molecule has 0 saturated heterocycles. The summed E-state index contributed by atoms with van der Waals surface area (Å²) in [5.41, 5.74) is 4.30. The molecule has 0 aliphatic carbocycles. The van der Waals surface area contributed by atoms with E-state index in [2.05, 4.69) is 18.2 Å². The Hall–Kier alpha value is -2.04. The van der Waals surface area contributed by atoms with E-state index in [-0.39, 0.29) is 13.4 Å². The maximum absolute atomic E-state index is 9.53. The number of methoxy groups -OCH3 is 1. The number of hydrogen-bond donors (Lipinski definition) is 1. The molecule has 0 aliphatic rings. The van der Waals surface area contributed by atoms with E-state index in [9.17, 15) is 5.11 Å². The van der Waals surface area contributed by atoms with Crippen molar-refractivity contribution in [2.75, 3.05) is 20.5 Å². The molecule has 0 spiro atoms. The van der Waals surface area contributed by atoms with Gasteiger partial charge in [-0.1, -0.05) is 18.2 Å². The Labute approximate surface area is 144 Å². The van der Waals surface area contributed by atoms with Gasteiger partial charge in [0.1, 0.15) is 11.5 Å². The highest BCUT2D eigenvalue weighted by Crippen LogP contribution is 2.26. The standard InChI is InChI=1S/C20H26O4/c1-4-23-18-9-7-16(8-10-18)5-6-17-11-15(2)19(13-21)20(12-17)24-14-22-3/h7-12,21H,4-6,13-14H2,1-3H3. The lowest BCUT2D eigenvalue weighted by Gasteiger charge is -2.14. The molecular formula is C20H26O4. The quantitative estimate of drug-likeness (QED) is 0.713. The summed E-state index contributed by atoms with van der Waals surface area (Å²) in [5.74, 6) is 1.60. The van der Waals surface area contributed by atoms with Crippen LogP contribution in [0.3, 0.4) is 0 Å². The summed E-state index contributed by atoms with van der Waals surface area (Å²) in [5, 5.41) is 9.53. The largest absolute Gasteiger partial charge is 0.494 e. The van der Waals surface area contributed by atoms with Crippen LogP contribution < -0.4 is 9.47 Å². The average molecular weight is 330 g/mol. The first-order valence-electron chi connectivity index (χ1n) is 8.24. The van der Waals surface area contributed by atoms with E-state index in [0.717, 1.165) is 29.7 Å². The third-order valence-corrected chi connectivity index (χ3v) is 3.92. The van der Waals surface area contributed by atoms with Crippen molar-refractivity contribution in [3.63, 3.8) is 0 Å². The lowest BCUT2D eigenvalue weighted by atomic mass is 9.99. The Kier molecular flexibility index (Phi) is 7.09. The molecule has 0 atom stereocenters. The molecule has 4 nitrogen and oxygen atoms in total. The fourth-order valence-electron chi connectivity index (χ4n) is 2.66. The van der Waals surface area contributed by atoms with E-state index in [1.165, 1.54) is 11.1 Å². The van der Waals surface area contributed by atoms with Gasteiger partial charge in [0.25, 0.3) is 0 Å². The van der Waals surface area contributed by atoms with E-state index in [1.807, 2.05) is 32.0 Å². The molecule has 0 heterocycles. The predicted molar refractivity (Wildman–Crippen MR) is 94.6 cm³/mol. The minimum atomic E-state index is -0.0376. The summed E-state index contributed by atoms with van der Waals surface area (Å²) in [6.07, 6.45) is 1.85. The summed E-state index contributed by atoms with van der Waals surface area (Å²) in [7, 11) is 1.58. The molecule has 1 N–H and O–H groups in total. The van der Waals surface area contributed by atoms with Crippen LogP contribution in [0.2, 0.25) is 0 Å². The van der Waals surface area contributed by atoms with Crippen LogP contribution in [0.5, 0.6) is 11.5 Å². The average Bonchev–Trinajstić information content (AvgIpc) is 2.59. The van der Waals surface area contributed by atoms with Crippen molar-refractivity contribution in [2.45, 2.75) is 33.3 Å². The van der Waals surface area contributed by atoms with Crippen LogP contribution >= 0.6 is 0 Å². The molecule has 0 aliphatic heterocycles. The molecule has 0 bridgehead atoms. The second-order valence-electron chi connectivity index (χ2n) is 5.68. The zero-order chi connectivity index (χ0) is 17.4. The number of aryl methyl sites for hydroxylation is 3. The molecule has 4 heteroatoms. The van der Waals surface area contributed by atoms with Gasteiger partial charge in [0.15, 0.2) is 6.79 Å². The van der Waals surface area contributed by atoms with E-state index in [0.29, 0.717) is 12.4 Å². The Bertz CT molecular complexity index is 635. The van der Waals surface area contributed by atoms with Crippen molar-refractivity contribution >= 4 is 0 Å². The zero-order valence-electron chi connectivity index (χ0n) is 14.7. The van der Waals surface area contributed by atoms with E-state index in [1.54, 1.807) is 7.11 Å². The number of aliphatic hydroxyl groups is 1. The van der Waals surface area contributed by atoms with Gasteiger partial charge < -0.3 is 19.3 Å². The van der Waals surface area contributed by atoms with Crippen molar-refractivity contribution in [3.8, 4) is 11.5 Å². The topological polar surface area (TPSA) is 47.9 Å². The van der Waals surface area contributed by atoms with Crippen LogP contribution in [-0.4, -0.2) is 25.6 Å². The number of rotatable bonds is 9. The van der Waals surface area contributed by atoms with E-state index >= 15 is 0 Å². The molecule has 2 rings (SSSR count). The molecule has 0 unspecified atom stereocenters. The van der Waals surface area contributed by atoms with Crippen LogP contribution in [0.15, 0.2) is 36.4 Å². The molecule has 130 valence electrons. The van der Waals surface area contributed by atoms with Gasteiger partial charge in [-0.3, -0.25) is 0 Å². The highest BCUT2D eigenvalue weighted by atomic mass is 16.7. The Balaban J connectivity index is 2.07. The van der Waals surface area contributed by atoms with Gasteiger partial charge in [-0.05, 0) is 61.6 Å². The highest BCUT2D eigenvalue weighted by molar-refractivity contribution is 5.43. The first kappa shape index (κ1) is 18.3. The van der Waals surface area contributed by atoms with Gasteiger partial charge in [0.2, 0.25) is 0 Å². The van der Waals surface area contributed by atoms with Crippen LogP contribution in [0, 0.1) is 6.92 Å². The first-order valence-corrected chi connectivity index (χ1v) is 8.24. The van der Waals surface area contributed by atoms with E-state index < -0.39 is 0 Å². The van der Waals surface area contributed by atoms with Crippen LogP contribution in [-0.2, 0) is 24.2 Å². The third-order valence-electron chi connectivity index (χ3n) is 3.92. The summed E-state index contributed by atoms with van der Waals surface area (Å²) >= 11 is 0. The van der Waals surface area contributed by atoms with Gasteiger partial charge in [0.05, 0.1) is 13.2 Å². The lowest BCUT2D eigenvalue weighted by molar-refractivity contribution is 0.0494. The van der Waals surface area contributed by atoms with Crippen LogP contribution in [0.25, 0.3) is 0 Å². The van der Waals surface area contributed by atoms with Crippen molar-refractivity contribution in [3.05, 3.63) is 58.7 Å². The SMILES string of the molecule is CCOc1ccc(CCc2cc(C)c(CO)c(OCOC)c2)cc1. The molecule has 24 heavy (non-hydrogen) atoms. The van der Waals surface area contributed by atoms with Crippen LogP contribution in [0.1, 0.15) is 29.2 Å². The molecule has 0 radical (unpaired) electrons. The molecule has 2 aromatic carbocycles. The van der Waals surface area contributed by atoms with Crippen LogP contribution in [0.4, 0.5) is 0 Å². The second kappa shape index (κ2) is 9.30. The van der Waals surface area contributed by atoms with Gasteiger partial charge in [-0.2, -0.15) is 0 Å². The second-order valence-corrected chi connectivity index (χ2v) is 5.68. The van der Waals surface area contributed by atoms with Gasteiger partial charge >= 0.3 is 0 Å². The summed E-state index contributed by atoms with van der Waals surface area (Å²) < 4.78 is 16.0. The van der Waals surface area contributed by atoms with Crippen molar-refractivity contribution in [2.24, 2.45) is 0 Å². The highest BCUT2D eigenvalue weighted by Gasteiger charge is 2.09. The Morgan fingerprint density at radius 2 is 1.67 bits per heavy atom. The molecule has 2 aromatic rings. The number of aliphatic hydroxyl groups excluding tert-OH is 1. The van der Waals surface area contributed by atoms with Crippen molar-refractivity contribution < 1.29 is 19.3 Å². The smallest absolute Gasteiger partial charge is 0.188 e. The van der Waals surface area contributed by atoms with E-state index in [4.69, 9.17) is 14.2 Å². The maximum Gasteiger partial charge on any atom is 0.188 e. The number of ether oxygens (including phenoxy) is 3. The maximum atomic E-state index is 9.53. The fourth-order valence-corrected chi connectivity index (χ4v) is 2.66. The molecular weight excluding hydrogens is 304 g/mol. The normalized spacial score (nSPS) is 10.7. The first-order chi connectivity index (χ1) is 11.7. The fraction of sp³-hybridized carbons (Fsp3) is 0.400. The monoisotopic (exact) mass is 330 g/mol. The minimum absolute atomic E-state index is 0.0376. The molecule has 0 fully saturated rings. The lowest BCUT2D eigenvalue weighted by Crippen LogP contribution is -2.05.